The average molecular weight is 445 g/mol. The molecule has 3 aromatic rings. The minimum Gasteiger partial charge on any atom is -0.493 e. The Kier molecular flexibility index (Phi) is 6.93. The summed E-state index contributed by atoms with van der Waals surface area (Å²) >= 11 is 0. The van der Waals surface area contributed by atoms with Crippen LogP contribution < -0.4 is 14.8 Å². The number of rotatable bonds is 7. The third-order valence-electron chi connectivity index (χ3n) is 6.01. The highest BCUT2D eigenvalue weighted by molar-refractivity contribution is 5.90. The van der Waals surface area contributed by atoms with E-state index in [0.717, 1.165) is 28.7 Å². The predicted octanol–water partition coefficient (Wildman–Crippen LogP) is 3.54. The number of carbonyl (C=O) groups is 2. The van der Waals surface area contributed by atoms with Crippen molar-refractivity contribution in [2.75, 3.05) is 27.3 Å². The topological polar surface area (TPSA) is 67.9 Å². The minimum absolute atomic E-state index is 0.0440. The number of nitrogens with one attached hydrogen (secondary N) is 1. The molecule has 170 valence electrons. The molecule has 0 aromatic heterocycles. The van der Waals surface area contributed by atoms with Crippen LogP contribution in [0.2, 0.25) is 0 Å². The summed E-state index contributed by atoms with van der Waals surface area (Å²) in [7, 11) is 3.21. The van der Waals surface area contributed by atoms with Crippen LogP contribution in [0.3, 0.4) is 0 Å². The summed E-state index contributed by atoms with van der Waals surface area (Å²) in [6.07, 6.45) is 0.728. The monoisotopic (exact) mass is 444 g/mol. The molecule has 0 aliphatic carbocycles. The molecule has 0 saturated heterocycles. The molecule has 0 bridgehead atoms. The van der Waals surface area contributed by atoms with Gasteiger partial charge in [0.1, 0.15) is 0 Å². The molecular formula is C27H28N2O4. The first-order valence-corrected chi connectivity index (χ1v) is 11.0. The molecule has 33 heavy (non-hydrogen) atoms. The van der Waals surface area contributed by atoms with Gasteiger partial charge < -0.3 is 19.7 Å². The molecule has 1 aliphatic rings. The molecule has 0 atom stereocenters. The highest BCUT2D eigenvalue weighted by Crippen LogP contribution is 2.33. The van der Waals surface area contributed by atoms with Crippen LogP contribution in [0.15, 0.2) is 72.8 Å². The van der Waals surface area contributed by atoms with Gasteiger partial charge in [0.2, 0.25) is 11.8 Å². The van der Waals surface area contributed by atoms with E-state index in [-0.39, 0.29) is 18.4 Å². The Morgan fingerprint density at radius 1 is 0.879 bits per heavy atom. The fraction of sp³-hybridized carbons (Fsp3) is 0.259. The van der Waals surface area contributed by atoms with E-state index in [2.05, 4.69) is 5.32 Å². The quantitative estimate of drug-likeness (QED) is 0.605. The Labute approximate surface area is 194 Å². The first-order chi connectivity index (χ1) is 16.1. The van der Waals surface area contributed by atoms with Gasteiger partial charge in [0.05, 0.1) is 26.7 Å². The van der Waals surface area contributed by atoms with Crippen molar-refractivity contribution in [1.82, 2.24) is 10.2 Å². The van der Waals surface area contributed by atoms with Crippen molar-refractivity contribution in [2.45, 2.75) is 18.9 Å². The van der Waals surface area contributed by atoms with E-state index in [1.54, 1.807) is 19.1 Å². The average Bonchev–Trinajstić information content (AvgIpc) is 2.87. The zero-order chi connectivity index (χ0) is 23.2. The van der Waals surface area contributed by atoms with E-state index in [1.165, 1.54) is 0 Å². The Morgan fingerprint density at radius 3 is 1.97 bits per heavy atom. The van der Waals surface area contributed by atoms with Gasteiger partial charge in [0.15, 0.2) is 11.5 Å². The molecular weight excluding hydrogens is 416 g/mol. The summed E-state index contributed by atoms with van der Waals surface area (Å²) in [5.74, 6) is 0.566. The SMILES string of the molecule is COc1cc2c(cc1OC)CN(C(=O)CNC(=O)C(c1ccccc1)c1ccccc1)CC2. The molecule has 6 heteroatoms. The number of carbonyl (C=O) groups excluding carboxylic acids is 2. The standard InChI is InChI=1S/C27H28N2O4/c1-32-23-15-21-13-14-29(18-22(21)16-24(23)33-2)25(30)17-28-27(31)26(19-9-5-3-6-10-19)20-11-7-4-8-12-20/h3-12,15-16,26H,13-14,17-18H2,1-2H3,(H,28,31). The predicted molar refractivity (Wildman–Crippen MR) is 126 cm³/mol. The third-order valence-corrected chi connectivity index (χ3v) is 6.01. The summed E-state index contributed by atoms with van der Waals surface area (Å²) in [6, 6.07) is 23.1. The lowest BCUT2D eigenvalue weighted by molar-refractivity contribution is -0.133. The lowest BCUT2D eigenvalue weighted by atomic mass is 9.90. The van der Waals surface area contributed by atoms with Crippen LogP contribution in [-0.4, -0.2) is 44.0 Å². The van der Waals surface area contributed by atoms with E-state index < -0.39 is 5.92 Å². The van der Waals surface area contributed by atoms with E-state index in [1.807, 2.05) is 72.8 Å². The van der Waals surface area contributed by atoms with Crippen molar-refractivity contribution in [2.24, 2.45) is 0 Å². The molecule has 6 nitrogen and oxygen atoms in total. The summed E-state index contributed by atoms with van der Waals surface area (Å²) < 4.78 is 10.8. The van der Waals surface area contributed by atoms with Crippen LogP contribution in [0, 0.1) is 0 Å². The van der Waals surface area contributed by atoms with Crippen LogP contribution in [0.25, 0.3) is 0 Å². The van der Waals surface area contributed by atoms with Crippen molar-refractivity contribution in [1.29, 1.82) is 0 Å². The Balaban J connectivity index is 1.44. The van der Waals surface area contributed by atoms with E-state index in [9.17, 15) is 9.59 Å². The minimum atomic E-state index is -0.473. The lowest BCUT2D eigenvalue weighted by Gasteiger charge is -2.30. The normalized spacial score (nSPS) is 12.8. The molecule has 0 fully saturated rings. The zero-order valence-corrected chi connectivity index (χ0v) is 18.9. The van der Waals surface area contributed by atoms with Crippen LogP contribution in [0.5, 0.6) is 11.5 Å². The Hall–Kier alpha value is -3.80. The second-order valence-electron chi connectivity index (χ2n) is 8.01. The Morgan fingerprint density at radius 2 is 1.42 bits per heavy atom. The molecule has 0 spiro atoms. The van der Waals surface area contributed by atoms with Gasteiger partial charge in [-0.25, -0.2) is 0 Å². The molecule has 0 unspecified atom stereocenters. The molecule has 1 N–H and O–H groups in total. The second kappa shape index (κ2) is 10.2. The number of amides is 2. The maximum absolute atomic E-state index is 13.2. The van der Waals surface area contributed by atoms with Gasteiger partial charge in [0.25, 0.3) is 0 Å². The van der Waals surface area contributed by atoms with E-state index >= 15 is 0 Å². The largest absolute Gasteiger partial charge is 0.493 e. The molecule has 2 amide bonds. The first-order valence-electron chi connectivity index (χ1n) is 11.0. The van der Waals surface area contributed by atoms with Crippen molar-refractivity contribution < 1.29 is 19.1 Å². The smallest absolute Gasteiger partial charge is 0.242 e. The molecule has 1 aliphatic heterocycles. The van der Waals surface area contributed by atoms with E-state index in [4.69, 9.17) is 9.47 Å². The van der Waals surface area contributed by atoms with Crippen molar-refractivity contribution in [3.8, 4) is 11.5 Å². The van der Waals surface area contributed by atoms with Gasteiger partial charge in [-0.15, -0.1) is 0 Å². The highest BCUT2D eigenvalue weighted by Gasteiger charge is 2.26. The van der Waals surface area contributed by atoms with Gasteiger partial charge in [-0.3, -0.25) is 9.59 Å². The fourth-order valence-electron chi connectivity index (χ4n) is 4.26. The summed E-state index contributed by atoms with van der Waals surface area (Å²) in [6.45, 7) is 1.03. The van der Waals surface area contributed by atoms with Gasteiger partial charge in [-0.05, 0) is 40.8 Å². The second-order valence-corrected chi connectivity index (χ2v) is 8.01. The summed E-state index contributed by atoms with van der Waals surface area (Å²) in [5.41, 5.74) is 3.96. The Bertz CT molecular complexity index is 1080. The van der Waals surface area contributed by atoms with Crippen molar-refractivity contribution in [3.63, 3.8) is 0 Å². The van der Waals surface area contributed by atoms with Crippen molar-refractivity contribution in [3.05, 3.63) is 95.1 Å². The molecule has 3 aromatic carbocycles. The van der Waals surface area contributed by atoms with Crippen LogP contribution in [0.1, 0.15) is 28.2 Å². The van der Waals surface area contributed by atoms with Crippen LogP contribution in [0.4, 0.5) is 0 Å². The van der Waals surface area contributed by atoms with Gasteiger partial charge in [-0.2, -0.15) is 0 Å². The number of methoxy groups -OCH3 is 2. The number of fused-ring (bicyclic) bond motifs is 1. The third kappa shape index (κ3) is 5.00. The fourth-order valence-corrected chi connectivity index (χ4v) is 4.26. The van der Waals surface area contributed by atoms with Crippen LogP contribution in [-0.2, 0) is 22.6 Å². The van der Waals surface area contributed by atoms with Gasteiger partial charge in [-0.1, -0.05) is 60.7 Å². The number of benzene rings is 3. The van der Waals surface area contributed by atoms with E-state index in [0.29, 0.717) is 24.6 Å². The molecule has 1 heterocycles. The number of hydrogen-bond acceptors (Lipinski definition) is 4. The number of ether oxygens (including phenoxy) is 2. The summed E-state index contributed by atoms with van der Waals surface area (Å²) in [4.78, 5) is 27.9. The zero-order valence-electron chi connectivity index (χ0n) is 18.9. The summed E-state index contributed by atoms with van der Waals surface area (Å²) in [5, 5.41) is 2.87. The molecule has 0 radical (unpaired) electrons. The maximum atomic E-state index is 13.2. The van der Waals surface area contributed by atoms with Gasteiger partial charge in [0, 0.05) is 13.1 Å². The molecule has 0 saturated carbocycles. The molecule has 4 rings (SSSR count). The number of nitrogens with zero attached hydrogens (tertiary/aromatic N) is 1. The van der Waals surface area contributed by atoms with Crippen LogP contribution >= 0.6 is 0 Å². The first kappa shape index (κ1) is 22.4. The number of hydrogen-bond donors (Lipinski definition) is 1. The maximum Gasteiger partial charge on any atom is 0.242 e. The van der Waals surface area contributed by atoms with Gasteiger partial charge >= 0.3 is 0 Å². The lowest BCUT2D eigenvalue weighted by Crippen LogP contribution is -2.43. The van der Waals surface area contributed by atoms with Crippen molar-refractivity contribution >= 4 is 11.8 Å². The highest BCUT2D eigenvalue weighted by atomic mass is 16.5.